The van der Waals surface area contributed by atoms with E-state index in [1.54, 1.807) is 16.7 Å². The molecule has 0 amide bonds. The van der Waals surface area contributed by atoms with Gasteiger partial charge in [0.05, 0.1) is 0 Å². The van der Waals surface area contributed by atoms with E-state index < -0.39 is 0 Å². The molecular weight excluding hydrogens is 373 g/mol. The van der Waals surface area contributed by atoms with Crippen molar-refractivity contribution in [2.45, 2.75) is 6.61 Å². The second kappa shape index (κ2) is 7.14. The van der Waals surface area contributed by atoms with Crippen LogP contribution >= 0.6 is 23.8 Å². The van der Waals surface area contributed by atoms with Crippen molar-refractivity contribution < 1.29 is 9.13 Å². The molecule has 2 aromatic carbocycles. The number of nitrogens with zero attached hydrogens (tertiary/aromatic N) is 4. The fourth-order valence-electron chi connectivity index (χ4n) is 2.44. The number of rotatable bonds is 5. The number of ether oxygens (including phenoxy) is 1. The van der Waals surface area contributed by atoms with Crippen LogP contribution < -0.4 is 4.74 Å². The second-order valence-electron chi connectivity index (χ2n) is 5.36. The summed E-state index contributed by atoms with van der Waals surface area (Å²) >= 11 is 6.57. The Labute approximate surface area is 157 Å². The minimum absolute atomic E-state index is 0.210. The molecule has 2 heterocycles. The molecule has 0 aliphatic heterocycles. The van der Waals surface area contributed by atoms with Crippen LogP contribution in [-0.4, -0.2) is 24.4 Å². The Bertz CT molecular complexity index is 1060. The van der Waals surface area contributed by atoms with Gasteiger partial charge in [-0.25, -0.2) is 4.39 Å². The molecule has 0 aliphatic carbocycles. The highest BCUT2D eigenvalue weighted by Gasteiger charge is 2.10. The molecule has 1 N–H and O–H groups in total. The maximum Gasteiger partial charge on any atom is 0.199 e. The lowest BCUT2D eigenvalue weighted by Gasteiger charge is -2.09. The number of aromatic amines is 1. The Balaban J connectivity index is 1.52. The quantitative estimate of drug-likeness (QED) is 0.522. The fourth-order valence-corrected chi connectivity index (χ4v) is 3.16. The van der Waals surface area contributed by atoms with Gasteiger partial charge in [0.15, 0.2) is 10.6 Å². The predicted molar refractivity (Wildman–Crippen MR) is 98.4 cm³/mol. The van der Waals surface area contributed by atoms with Crippen LogP contribution in [0.4, 0.5) is 4.39 Å². The summed E-state index contributed by atoms with van der Waals surface area (Å²) in [7, 11) is 0. The molecule has 9 heteroatoms. The van der Waals surface area contributed by atoms with Gasteiger partial charge in [-0.1, -0.05) is 4.49 Å². The molecule has 0 radical (unpaired) electrons. The first-order valence-corrected chi connectivity index (χ1v) is 8.88. The van der Waals surface area contributed by atoms with Crippen molar-refractivity contribution in [2.24, 2.45) is 0 Å². The van der Waals surface area contributed by atoms with Gasteiger partial charge in [0.2, 0.25) is 0 Å². The largest absolute Gasteiger partial charge is 0.486 e. The zero-order valence-corrected chi connectivity index (χ0v) is 14.9. The highest BCUT2D eigenvalue weighted by Crippen LogP contribution is 2.22. The van der Waals surface area contributed by atoms with E-state index in [1.807, 2.05) is 29.6 Å². The standard InChI is InChI=1S/C17H12FN5OS2/c18-12-3-5-13(6-4-12)23-16(20-21-17(23)25)9-24-14-7-1-11(2-8-14)15-10-26-22-19-15/h1-8,10H,9H2,(H,21,25). The average molecular weight is 385 g/mol. The van der Waals surface area contributed by atoms with Gasteiger partial charge in [0, 0.05) is 16.6 Å². The summed E-state index contributed by atoms with van der Waals surface area (Å²) in [5.41, 5.74) is 2.52. The number of halogens is 1. The number of nitrogens with one attached hydrogen (secondary N) is 1. The normalized spacial score (nSPS) is 10.8. The van der Waals surface area contributed by atoms with Crippen LogP contribution in [0.1, 0.15) is 5.82 Å². The van der Waals surface area contributed by atoms with Crippen molar-refractivity contribution >= 4 is 23.8 Å². The maximum absolute atomic E-state index is 13.1. The molecule has 0 unspecified atom stereocenters. The third-order valence-corrected chi connectivity index (χ3v) is 4.48. The third-order valence-electron chi connectivity index (χ3n) is 3.70. The van der Waals surface area contributed by atoms with E-state index >= 15 is 0 Å². The Morgan fingerprint density at radius 2 is 1.88 bits per heavy atom. The SMILES string of the molecule is Fc1ccc(-n2c(COc3ccc(-c4csnn4)cc3)n[nH]c2=S)cc1. The molecule has 0 aliphatic rings. The zero-order valence-electron chi connectivity index (χ0n) is 13.3. The highest BCUT2D eigenvalue weighted by molar-refractivity contribution is 7.71. The minimum atomic E-state index is -0.308. The average Bonchev–Trinajstić information content (AvgIpc) is 3.31. The Morgan fingerprint density at radius 1 is 1.12 bits per heavy atom. The lowest BCUT2D eigenvalue weighted by Crippen LogP contribution is -2.05. The first-order valence-electron chi connectivity index (χ1n) is 7.63. The van der Waals surface area contributed by atoms with Crippen LogP contribution in [0.25, 0.3) is 16.9 Å². The Morgan fingerprint density at radius 3 is 2.58 bits per heavy atom. The van der Waals surface area contributed by atoms with E-state index in [2.05, 4.69) is 19.8 Å². The molecule has 2 aromatic heterocycles. The number of hydrogen-bond donors (Lipinski definition) is 1. The smallest absolute Gasteiger partial charge is 0.199 e. The van der Waals surface area contributed by atoms with Crippen LogP contribution in [0, 0.1) is 10.6 Å². The summed E-state index contributed by atoms with van der Waals surface area (Å²) in [5.74, 6) is 0.975. The first-order chi connectivity index (χ1) is 12.7. The minimum Gasteiger partial charge on any atom is -0.486 e. The molecule has 4 aromatic rings. The van der Waals surface area contributed by atoms with Crippen molar-refractivity contribution in [3.8, 4) is 22.7 Å². The summed E-state index contributed by atoms with van der Waals surface area (Å²) in [5, 5.41) is 12.9. The molecule has 0 fully saturated rings. The summed E-state index contributed by atoms with van der Waals surface area (Å²) in [4.78, 5) is 0. The predicted octanol–water partition coefficient (Wildman–Crippen LogP) is 4.17. The molecular formula is C17H12FN5OS2. The van der Waals surface area contributed by atoms with Gasteiger partial charge >= 0.3 is 0 Å². The first kappa shape index (κ1) is 16.6. The van der Waals surface area contributed by atoms with Gasteiger partial charge in [-0.15, -0.1) is 5.10 Å². The summed E-state index contributed by atoms with van der Waals surface area (Å²) in [6, 6.07) is 13.6. The van der Waals surface area contributed by atoms with E-state index in [9.17, 15) is 4.39 Å². The molecule has 0 spiro atoms. The van der Waals surface area contributed by atoms with E-state index in [1.165, 1.54) is 23.7 Å². The molecule has 26 heavy (non-hydrogen) atoms. The van der Waals surface area contributed by atoms with Crippen LogP contribution in [0.15, 0.2) is 53.9 Å². The molecule has 0 saturated heterocycles. The maximum atomic E-state index is 13.1. The Hall–Kier alpha value is -2.91. The van der Waals surface area contributed by atoms with E-state index in [0.29, 0.717) is 16.3 Å². The van der Waals surface area contributed by atoms with Crippen molar-refractivity contribution in [1.29, 1.82) is 0 Å². The van der Waals surface area contributed by atoms with Gasteiger partial charge < -0.3 is 4.74 Å². The van der Waals surface area contributed by atoms with Crippen molar-refractivity contribution in [3.63, 3.8) is 0 Å². The summed E-state index contributed by atoms with van der Waals surface area (Å²) < 4.78 is 24.9. The topological polar surface area (TPSA) is 68.6 Å². The Kier molecular flexibility index (Phi) is 4.55. The fraction of sp³-hybridized carbons (Fsp3) is 0.0588. The second-order valence-corrected chi connectivity index (χ2v) is 6.36. The molecule has 4 rings (SSSR count). The van der Waals surface area contributed by atoms with E-state index in [4.69, 9.17) is 17.0 Å². The third kappa shape index (κ3) is 3.39. The number of aromatic nitrogens is 5. The summed E-state index contributed by atoms with van der Waals surface area (Å²) in [6.45, 7) is 0.210. The lowest BCUT2D eigenvalue weighted by molar-refractivity contribution is 0.293. The van der Waals surface area contributed by atoms with Crippen LogP contribution in [0.5, 0.6) is 5.75 Å². The van der Waals surface area contributed by atoms with Crippen LogP contribution in [-0.2, 0) is 6.61 Å². The monoisotopic (exact) mass is 385 g/mol. The molecule has 130 valence electrons. The molecule has 0 saturated carbocycles. The van der Waals surface area contributed by atoms with Gasteiger partial charge in [-0.3, -0.25) is 9.67 Å². The lowest BCUT2D eigenvalue weighted by atomic mass is 10.2. The van der Waals surface area contributed by atoms with E-state index in [0.717, 1.165) is 16.9 Å². The van der Waals surface area contributed by atoms with Crippen molar-refractivity contribution in [2.75, 3.05) is 0 Å². The van der Waals surface area contributed by atoms with Crippen molar-refractivity contribution in [1.82, 2.24) is 24.4 Å². The van der Waals surface area contributed by atoms with Gasteiger partial charge in [-0.2, -0.15) is 5.10 Å². The highest BCUT2D eigenvalue weighted by atomic mass is 32.1. The molecule has 6 nitrogen and oxygen atoms in total. The molecule has 0 bridgehead atoms. The van der Waals surface area contributed by atoms with Gasteiger partial charge in [0.1, 0.15) is 23.9 Å². The molecule has 0 atom stereocenters. The zero-order chi connectivity index (χ0) is 17.9. The number of H-pyrrole nitrogens is 1. The van der Waals surface area contributed by atoms with E-state index in [-0.39, 0.29) is 12.4 Å². The van der Waals surface area contributed by atoms with Crippen LogP contribution in [0.3, 0.4) is 0 Å². The van der Waals surface area contributed by atoms with Crippen LogP contribution in [0.2, 0.25) is 0 Å². The van der Waals surface area contributed by atoms with Gasteiger partial charge in [0.25, 0.3) is 0 Å². The van der Waals surface area contributed by atoms with Gasteiger partial charge in [-0.05, 0) is 72.3 Å². The number of benzene rings is 2. The number of hydrogen-bond acceptors (Lipinski definition) is 6. The summed E-state index contributed by atoms with van der Waals surface area (Å²) in [6.07, 6.45) is 0. The van der Waals surface area contributed by atoms with Crippen molar-refractivity contribution in [3.05, 3.63) is 70.3 Å².